The summed E-state index contributed by atoms with van der Waals surface area (Å²) < 4.78 is 0. The average Bonchev–Trinajstić information content (AvgIpc) is 2.47. The minimum Gasteiger partial charge on any atom is -0.354 e. The first-order valence-electron chi connectivity index (χ1n) is 5.91. The van der Waals surface area contributed by atoms with Gasteiger partial charge in [0.15, 0.2) is 5.69 Å². The van der Waals surface area contributed by atoms with Crippen molar-refractivity contribution in [1.82, 2.24) is 9.97 Å². The highest BCUT2D eigenvalue weighted by atomic mass is 16.6. The highest BCUT2D eigenvalue weighted by molar-refractivity contribution is 5.71. The van der Waals surface area contributed by atoms with Gasteiger partial charge < -0.3 is 5.32 Å². The fraction of sp³-hybridized carbons (Fsp3) is 0.154. The monoisotopic (exact) mass is 269 g/mol. The van der Waals surface area contributed by atoms with Crippen molar-refractivity contribution >= 4 is 11.6 Å². The van der Waals surface area contributed by atoms with Gasteiger partial charge in [0.25, 0.3) is 0 Å². The molecule has 0 aliphatic carbocycles. The van der Waals surface area contributed by atoms with Crippen molar-refractivity contribution in [3.05, 3.63) is 46.1 Å². The lowest BCUT2D eigenvalue weighted by Crippen LogP contribution is -2.05. The molecule has 0 unspecified atom stereocenters. The third kappa shape index (κ3) is 2.70. The number of rotatable bonds is 4. The second kappa shape index (κ2) is 5.75. The van der Waals surface area contributed by atoms with Crippen LogP contribution < -0.4 is 5.32 Å². The van der Waals surface area contributed by atoms with Gasteiger partial charge in [0.05, 0.1) is 16.6 Å². The van der Waals surface area contributed by atoms with E-state index in [4.69, 9.17) is 5.26 Å². The van der Waals surface area contributed by atoms with Gasteiger partial charge in [0, 0.05) is 12.1 Å². The second-order valence-electron chi connectivity index (χ2n) is 3.91. The smallest absolute Gasteiger partial charge is 0.313 e. The molecule has 7 heteroatoms. The van der Waals surface area contributed by atoms with Crippen molar-refractivity contribution in [3.8, 4) is 17.3 Å². The van der Waals surface area contributed by atoms with Crippen LogP contribution in [-0.2, 0) is 0 Å². The number of hydrogen-bond donors (Lipinski definition) is 1. The Bertz CT molecular complexity index is 693. The molecule has 7 nitrogen and oxygen atoms in total. The molecule has 1 N–H and O–H groups in total. The molecule has 0 amide bonds. The number of benzene rings is 1. The molecule has 0 fully saturated rings. The van der Waals surface area contributed by atoms with Crippen LogP contribution in [0.4, 0.5) is 11.6 Å². The summed E-state index contributed by atoms with van der Waals surface area (Å²) in [6, 6.07) is 8.52. The van der Waals surface area contributed by atoms with E-state index in [-0.39, 0.29) is 11.4 Å². The first-order chi connectivity index (χ1) is 9.65. The molecule has 100 valence electrons. The van der Waals surface area contributed by atoms with Gasteiger partial charge in [-0.05, 0) is 19.1 Å². The zero-order valence-corrected chi connectivity index (χ0v) is 10.7. The minimum atomic E-state index is -0.538. The summed E-state index contributed by atoms with van der Waals surface area (Å²) in [6.45, 7) is 2.48. The number of aromatic nitrogens is 2. The normalized spacial score (nSPS) is 9.80. The van der Waals surface area contributed by atoms with Crippen LogP contribution in [0.15, 0.2) is 30.5 Å². The molecule has 0 radical (unpaired) electrons. The van der Waals surface area contributed by atoms with E-state index in [1.807, 2.05) is 13.0 Å². The summed E-state index contributed by atoms with van der Waals surface area (Å²) in [5, 5.41) is 22.9. The molecule has 1 aromatic heterocycles. The van der Waals surface area contributed by atoms with E-state index in [2.05, 4.69) is 15.3 Å². The van der Waals surface area contributed by atoms with Crippen LogP contribution in [0.25, 0.3) is 11.3 Å². The van der Waals surface area contributed by atoms with Gasteiger partial charge in [-0.15, -0.1) is 0 Å². The Morgan fingerprint density at radius 1 is 1.50 bits per heavy atom. The zero-order valence-electron chi connectivity index (χ0n) is 10.7. The Morgan fingerprint density at radius 2 is 2.30 bits per heavy atom. The van der Waals surface area contributed by atoms with Gasteiger partial charge >= 0.3 is 5.69 Å². The summed E-state index contributed by atoms with van der Waals surface area (Å²) >= 11 is 0. The lowest BCUT2D eigenvalue weighted by atomic mass is 10.1. The Labute approximate surface area is 115 Å². The van der Waals surface area contributed by atoms with Crippen LogP contribution in [0.3, 0.4) is 0 Å². The number of anilines is 1. The van der Waals surface area contributed by atoms with Crippen LogP contribution in [0, 0.1) is 21.4 Å². The molecule has 0 saturated heterocycles. The molecule has 0 saturated carbocycles. The summed E-state index contributed by atoms with van der Waals surface area (Å²) in [5.74, 6) is 0.315. The molecule has 0 aliphatic heterocycles. The highest BCUT2D eigenvalue weighted by Crippen LogP contribution is 2.28. The molecule has 0 aliphatic rings. The van der Waals surface area contributed by atoms with Crippen molar-refractivity contribution in [2.75, 3.05) is 11.9 Å². The van der Waals surface area contributed by atoms with Crippen LogP contribution >= 0.6 is 0 Å². The van der Waals surface area contributed by atoms with Crippen LogP contribution in [-0.4, -0.2) is 21.4 Å². The standard InChI is InChI=1S/C13H11N5O2/c1-2-15-13-16-8-11(18(19)20)12(17-13)10-5-3-4-9(6-10)7-14/h3-6,8H,2H2,1H3,(H,15,16,17). The van der Waals surface area contributed by atoms with E-state index in [1.54, 1.807) is 24.3 Å². The topological polar surface area (TPSA) is 105 Å². The third-order valence-corrected chi connectivity index (χ3v) is 2.57. The maximum atomic E-state index is 11.1. The fourth-order valence-electron chi connectivity index (χ4n) is 1.70. The van der Waals surface area contributed by atoms with E-state index >= 15 is 0 Å². The maximum absolute atomic E-state index is 11.1. The Kier molecular flexibility index (Phi) is 3.86. The zero-order chi connectivity index (χ0) is 14.5. The average molecular weight is 269 g/mol. The minimum absolute atomic E-state index is 0.193. The Morgan fingerprint density at radius 3 is 2.95 bits per heavy atom. The number of hydrogen-bond acceptors (Lipinski definition) is 6. The third-order valence-electron chi connectivity index (χ3n) is 2.57. The maximum Gasteiger partial charge on any atom is 0.313 e. The predicted octanol–water partition coefficient (Wildman–Crippen LogP) is 2.36. The van der Waals surface area contributed by atoms with Gasteiger partial charge in [-0.3, -0.25) is 10.1 Å². The summed E-state index contributed by atoms with van der Waals surface area (Å²) in [7, 11) is 0. The van der Waals surface area contributed by atoms with Crippen molar-refractivity contribution in [2.45, 2.75) is 6.92 Å². The molecular formula is C13H11N5O2. The van der Waals surface area contributed by atoms with E-state index < -0.39 is 4.92 Å². The molecule has 20 heavy (non-hydrogen) atoms. The van der Waals surface area contributed by atoms with Crippen molar-refractivity contribution < 1.29 is 4.92 Å². The molecule has 1 aromatic carbocycles. The van der Waals surface area contributed by atoms with E-state index in [0.29, 0.717) is 23.6 Å². The van der Waals surface area contributed by atoms with Crippen LogP contribution in [0.5, 0.6) is 0 Å². The number of nitriles is 1. The van der Waals surface area contributed by atoms with E-state index in [9.17, 15) is 10.1 Å². The van der Waals surface area contributed by atoms with Crippen LogP contribution in [0.2, 0.25) is 0 Å². The molecule has 0 spiro atoms. The number of nitrogens with zero attached hydrogens (tertiary/aromatic N) is 4. The molecular weight excluding hydrogens is 258 g/mol. The summed E-state index contributed by atoms with van der Waals surface area (Å²) in [5.41, 5.74) is 0.928. The number of nitro groups is 1. The largest absolute Gasteiger partial charge is 0.354 e. The molecule has 0 bridgehead atoms. The van der Waals surface area contributed by atoms with Gasteiger partial charge in [-0.1, -0.05) is 12.1 Å². The van der Waals surface area contributed by atoms with Crippen molar-refractivity contribution in [2.24, 2.45) is 0 Å². The van der Waals surface area contributed by atoms with Gasteiger partial charge in [-0.2, -0.15) is 5.26 Å². The van der Waals surface area contributed by atoms with Crippen molar-refractivity contribution in [1.29, 1.82) is 5.26 Å². The first-order valence-corrected chi connectivity index (χ1v) is 5.91. The Balaban J connectivity index is 2.59. The van der Waals surface area contributed by atoms with Crippen molar-refractivity contribution in [3.63, 3.8) is 0 Å². The van der Waals surface area contributed by atoms with Gasteiger partial charge in [-0.25, -0.2) is 9.97 Å². The molecule has 0 atom stereocenters. The number of nitrogens with one attached hydrogen (secondary N) is 1. The lowest BCUT2D eigenvalue weighted by Gasteiger charge is -2.06. The first kappa shape index (κ1) is 13.4. The Hall–Kier alpha value is -3.01. The van der Waals surface area contributed by atoms with E-state index in [1.165, 1.54) is 6.20 Å². The van der Waals surface area contributed by atoms with Gasteiger partial charge in [0.1, 0.15) is 6.20 Å². The fourth-order valence-corrected chi connectivity index (χ4v) is 1.70. The predicted molar refractivity (Wildman–Crippen MR) is 73.0 cm³/mol. The highest BCUT2D eigenvalue weighted by Gasteiger charge is 2.19. The summed E-state index contributed by atoms with van der Waals surface area (Å²) in [4.78, 5) is 18.6. The SMILES string of the molecule is CCNc1ncc([N+](=O)[O-])c(-c2cccc(C#N)c2)n1. The van der Waals surface area contributed by atoms with E-state index in [0.717, 1.165) is 0 Å². The molecule has 1 heterocycles. The quantitative estimate of drug-likeness (QED) is 0.674. The van der Waals surface area contributed by atoms with Gasteiger partial charge in [0.2, 0.25) is 5.95 Å². The summed E-state index contributed by atoms with van der Waals surface area (Å²) in [6.07, 6.45) is 1.17. The second-order valence-corrected chi connectivity index (χ2v) is 3.91. The molecule has 2 rings (SSSR count). The lowest BCUT2D eigenvalue weighted by molar-refractivity contribution is -0.384. The molecule has 2 aromatic rings. The van der Waals surface area contributed by atoms with Crippen LogP contribution in [0.1, 0.15) is 12.5 Å².